The van der Waals surface area contributed by atoms with Gasteiger partial charge in [-0.3, -0.25) is 0 Å². The normalized spacial score (nSPS) is 14.5. The molecule has 1 aliphatic carbocycles. The third-order valence-corrected chi connectivity index (χ3v) is 5.81. The number of hydrogen-bond acceptors (Lipinski definition) is 8. The second-order valence-electron chi connectivity index (χ2n) is 8.18. The molecule has 3 aromatic rings. The van der Waals surface area contributed by atoms with Gasteiger partial charge in [-0.2, -0.15) is 10.2 Å². The summed E-state index contributed by atoms with van der Waals surface area (Å²) < 4.78 is 12.5. The molecular weight excluding hydrogens is 418 g/mol. The van der Waals surface area contributed by atoms with Crippen LogP contribution in [0.4, 0.5) is 11.8 Å². The van der Waals surface area contributed by atoms with Crippen molar-refractivity contribution in [2.24, 2.45) is 0 Å². The number of phenolic OH excluding ortho intramolecular Hbond substituents is 1. The molecule has 0 radical (unpaired) electrons. The largest absolute Gasteiger partial charge is 0.508 e. The highest BCUT2D eigenvalue weighted by Gasteiger charge is 2.37. The van der Waals surface area contributed by atoms with Gasteiger partial charge in [0.15, 0.2) is 5.60 Å². The molecule has 0 amide bonds. The zero-order valence-corrected chi connectivity index (χ0v) is 18.5. The van der Waals surface area contributed by atoms with Crippen molar-refractivity contribution in [3.05, 3.63) is 53.7 Å². The molecule has 0 aliphatic heterocycles. The maximum absolute atomic E-state index is 9.93. The van der Waals surface area contributed by atoms with Gasteiger partial charge >= 0.3 is 0 Å². The van der Waals surface area contributed by atoms with Crippen LogP contribution in [0.2, 0.25) is 0 Å². The highest BCUT2D eigenvalue weighted by molar-refractivity contribution is 5.78. The molecule has 8 heteroatoms. The maximum atomic E-state index is 9.93. The number of anilines is 2. The Bertz CT molecular complexity index is 1180. The van der Waals surface area contributed by atoms with Crippen molar-refractivity contribution >= 4 is 11.8 Å². The number of aromatic nitrogens is 2. The minimum atomic E-state index is -0.878. The summed E-state index contributed by atoms with van der Waals surface area (Å²) in [5.74, 6) is 1.78. The predicted octanol–water partition coefficient (Wildman–Crippen LogP) is 4.22. The van der Waals surface area contributed by atoms with Crippen LogP contribution in [-0.2, 0) is 6.42 Å². The number of nitrogen functional groups attached to an aromatic ring is 2. The number of ether oxygens (including phenoxy) is 2. The van der Waals surface area contributed by atoms with Crippen molar-refractivity contribution in [2.45, 2.75) is 44.6 Å². The van der Waals surface area contributed by atoms with Crippen LogP contribution in [0.3, 0.4) is 0 Å². The lowest BCUT2D eigenvalue weighted by Gasteiger charge is -2.26. The molecule has 170 valence electrons. The summed E-state index contributed by atoms with van der Waals surface area (Å²) in [4.78, 5) is 8.10. The second-order valence-corrected chi connectivity index (χ2v) is 8.18. The number of benzene rings is 2. The molecule has 1 aliphatic rings. The molecule has 1 heterocycles. The number of hydrogen-bond donors (Lipinski definition) is 3. The number of phenols is 1. The summed E-state index contributed by atoms with van der Waals surface area (Å²) in [6, 6.07) is 13.1. The number of rotatable bonds is 7. The summed E-state index contributed by atoms with van der Waals surface area (Å²) in [6.07, 6.45) is 5.29. The first-order chi connectivity index (χ1) is 15.9. The fourth-order valence-electron chi connectivity index (χ4n) is 4.19. The van der Waals surface area contributed by atoms with Crippen molar-refractivity contribution in [3.63, 3.8) is 0 Å². The second kappa shape index (κ2) is 9.25. The molecule has 0 bridgehead atoms. The number of nitrogens with two attached hydrogens (primary N) is 2. The van der Waals surface area contributed by atoms with Crippen LogP contribution in [-0.4, -0.2) is 27.3 Å². The number of nitriles is 1. The van der Waals surface area contributed by atoms with Gasteiger partial charge in [0.25, 0.3) is 0 Å². The van der Waals surface area contributed by atoms with Crippen LogP contribution in [0.25, 0.3) is 11.1 Å². The van der Waals surface area contributed by atoms with Gasteiger partial charge in [0, 0.05) is 31.0 Å². The van der Waals surface area contributed by atoms with E-state index in [2.05, 4.69) is 16.0 Å². The molecule has 8 nitrogen and oxygen atoms in total. The Morgan fingerprint density at radius 2 is 1.82 bits per heavy atom. The average Bonchev–Trinajstić information content (AvgIpc) is 3.26. The topological polar surface area (TPSA) is 140 Å². The summed E-state index contributed by atoms with van der Waals surface area (Å²) in [6.45, 7) is 2.36. The third kappa shape index (κ3) is 4.77. The molecular formula is C25H27N5O3. The van der Waals surface area contributed by atoms with Gasteiger partial charge in [-0.1, -0.05) is 12.1 Å². The van der Waals surface area contributed by atoms with Gasteiger partial charge in [-0.15, -0.1) is 0 Å². The average molecular weight is 446 g/mol. The molecule has 0 saturated heterocycles. The SMILES string of the molecule is CCOc1cc(Cc2cnc(N)nc2N)cc(OC2(C#N)CCCC2)c1-c1ccc(O)cc1. The van der Waals surface area contributed by atoms with Gasteiger partial charge < -0.3 is 26.0 Å². The third-order valence-electron chi connectivity index (χ3n) is 5.81. The van der Waals surface area contributed by atoms with Crippen LogP contribution in [0.5, 0.6) is 17.2 Å². The van der Waals surface area contributed by atoms with E-state index in [4.69, 9.17) is 20.9 Å². The summed E-state index contributed by atoms with van der Waals surface area (Å²) >= 11 is 0. The molecule has 0 unspecified atom stereocenters. The smallest absolute Gasteiger partial charge is 0.221 e. The molecule has 0 spiro atoms. The van der Waals surface area contributed by atoms with Crippen LogP contribution < -0.4 is 20.9 Å². The highest BCUT2D eigenvalue weighted by Crippen LogP contribution is 2.44. The van der Waals surface area contributed by atoms with Crippen molar-refractivity contribution in [1.82, 2.24) is 9.97 Å². The van der Waals surface area contributed by atoms with E-state index in [-0.39, 0.29) is 11.7 Å². The van der Waals surface area contributed by atoms with E-state index in [0.29, 0.717) is 43.2 Å². The van der Waals surface area contributed by atoms with Gasteiger partial charge in [-0.05, 0) is 55.2 Å². The lowest BCUT2D eigenvalue weighted by Crippen LogP contribution is -2.30. The first kappa shape index (κ1) is 22.2. The van der Waals surface area contributed by atoms with Crippen molar-refractivity contribution in [2.75, 3.05) is 18.1 Å². The quantitative estimate of drug-likeness (QED) is 0.491. The number of aromatic hydroxyl groups is 1. The van der Waals surface area contributed by atoms with E-state index >= 15 is 0 Å². The minimum absolute atomic E-state index is 0.121. The molecule has 1 fully saturated rings. The Kier molecular flexibility index (Phi) is 6.22. The van der Waals surface area contributed by atoms with E-state index in [1.54, 1.807) is 30.5 Å². The Hall–Kier alpha value is -3.99. The summed E-state index contributed by atoms with van der Waals surface area (Å²) in [7, 11) is 0. The Morgan fingerprint density at radius 1 is 1.12 bits per heavy atom. The Balaban J connectivity index is 1.85. The van der Waals surface area contributed by atoms with E-state index in [1.165, 1.54) is 0 Å². The van der Waals surface area contributed by atoms with Crippen molar-refractivity contribution in [1.29, 1.82) is 5.26 Å². The fraction of sp³-hybridized carbons (Fsp3) is 0.320. The molecule has 1 saturated carbocycles. The molecule has 33 heavy (non-hydrogen) atoms. The molecule has 4 rings (SSSR count). The summed E-state index contributed by atoms with van der Waals surface area (Å²) in [5, 5.41) is 19.7. The molecule has 5 N–H and O–H groups in total. The molecule has 2 aromatic carbocycles. The molecule has 0 atom stereocenters. The van der Waals surface area contributed by atoms with Crippen molar-refractivity contribution < 1.29 is 14.6 Å². The van der Waals surface area contributed by atoms with Crippen LogP contribution in [0.1, 0.15) is 43.7 Å². The lowest BCUT2D eigenvalue weighted by atomic mass is 9.97. The first-order valence-electron chi connectivity index (χ1n) is 11.0. The maximum Gasteiger partial charge on any atom is 0.221 e. The minimum Gasteiger partial charge on any atom is -0.508 e. The van der Waals surface area contributed by atoms with Crippen molar-refractivity contribution in [3.8, 4) is 34.4 Å². The van der Waals surface area contributed by atoms with Gasteiger partial charge in [0.1, 0.15) is 29.1 Å². The zero-order chi connectivity index (χ0) is 23.4. The van der Waals surface area contributed by atoms with E-state index in [9.17, 15) is 10.4 Å². The monoisotopic (exact) mass is 445 g/mol. The Morgan fingerprint density at radius 3 is 2.45 bits per heavy atom. The first-order valence-corrected chi connectivity index (χ1v) is 11.0. The standard InChI is InChI=1S/C25H27N5O3/c1-2-32-20-12-16(11-18-14-29-24(28)30-23(18)27)13-21(33-25(15-26)9-3-4-10-25)22(20)17-5-7-19(31)8-6-17/h5-8,12-14,31H,2-4,9-11H2,1H3,(H4,27,28,29,30). The predicted molar refractivity (Wildman–Crippen MR) is 126 cm³/mol. The highest BCUT2D eigenvalue weighted by atomic mass is 16.5. The lowest BCUT2D eigenvalue weighted by molar-refractivity contribution is 0.136. The van der Waals surface area contributed by atoms with Gasteiger partial charge in [0.2, 0.25) is 5.95 Å². The van der Waals surface area contributed by atoms with E-state index < -0.39 is 5.60 Å². The van der Waals surface area contributed by atoms with Gasteiger partial charge in [0.05, 0.1) is 12.2 Å². The van der Waals surface area contributed by atoms with E-state index in [0.717, 1.165) is 35.1 Å². The van der Waals surface area contributed by atoms with Crippen LogP contribution in [0, 0.1) is 11.3 Å². The van der Waals surface area contributed by atoms with Gasteiger partial charge in [-0.25, -0.2) is 4.98 Å². The zero-order valence-electron chi connectivity index (χ0n) is 18.5. The summed E-state index contributed by atoms with van der Waals surface area (Å²) in [5.41, 5.74) is 14.0. The Labute approximate surface area is 192 Å². The number of nitrogens with zero attached hydrogens (tertiary/aromatic N) is 3. The van der Waals surface area contributed by atoms with E-state index in [1.807, 2.05) is 19.1 Å². The molecule has 1 aromatic heterocycles. The van der Waals surface area contributed by atoms with Crippen LogP contribution in [0.15, 0.2) is 42.6 Å². The fourth-order valence-corrected chi connectivity index (χ4v) is 4.19. The van der Waals surface area contributed by atoms with Crippen LogP contribution >= 0.6 is 0 Å².